The van der Waals surface area contributed by atoms with Gasteiger partial charge >= 0.3 is 0 Å². The molecule has 1 unspecified atom stereocenters. The predicted octanol–water partition coefficient (Wildman–Crippen LogP) is 2.48. The summed E-state index contributed by atoms with van der Waals surface area (Å²) < 4.78 is 0. The van der Waals surface area contributed by atoms with Crippen molar-refractivity contribution in [3.05, 3.63) is 0 Å². The SMILES string of the molecule is CCCCN(CCC=O)C(C)CC. The molecule has 0 aliphatic carbocycles. The first-order valence-electron chi connectivity index (χ1n) is 5.43. The van der Waals surface area contributed by atoms with E-state index in [4.69, 9.17) is 0 Å². The Bertz CT molecular complexity index is 125. The number of hydrogen-bond acceptors (Lipinski definition) is 2. The standard InChI is InChI=1S/C11H23NO/c1-4-6-8-12(9-7-10-13)11(3)5-2/h10-11H,4-9H2,1-3H3. The molecule has 2 heteroatoms. The first-order valence-corrected chi connectivity index (χ1v) is 5.43. The Kier molecular flexibility index (Phi) is 8.00. The third kappa shape index (κ3) is 5.81. The van der Waals surface area contributed by atoms with Gasteiger partial charge in [0.15, 0.2) is 0 Å². The lowest BCUT2D eigenvalue weighted by Crippen LogP contribution is -2.34. The highest BCUT2D eigenvalue weighted by Gasteiger charge is 2.09. The van der Waals surface area contributed by atoms with E-state index in [1.807, 2.05) is 0 Å². The Morgan fingerprint density at radius 3 is 2.46 bits per heavy atom. The first-order chi connectivity index (χ1) is 6.26. The van der Waals surface area contributed by atoms with Gasteiger partial charge in [-0.05, 0) is 26.3 Å². The summed E-state index contributed by atoms with van der Waals surface area (Å²) in [5.41, 5.74) is 0. The average molecular weight is 185 g/mol. The van der Waals surface area contributed by atoms with Crippen LogP contribution in [0.2, 0.25) is 0 Å². The van der Waals surface area contributed by atoms with Crippen LogP contribution in [0.5, 0.6) is 0 Å². The van der Waals surface area contributed by atoms with Crippen molar-refractivity contribution >= 4 is 6.29 Å². The topological polar surface area (TPSA) is 20.3 Å². The number of nitrogens with zero attached hydrogens (tertiary/aromatic N) is 1. The number of unbranched alkanes of at least 4 members (excludes halogenated alkanes) is 1. The van der Waals surface area contributed by atoms with E-state index >= 15 is 0 Å². The van der Waals surface area contributed by atoms with E-state index in [0.29, 0.717) is 12.5 Å². The van der Waals surface area contributed by atoms with Crippen molar-refractivity contribution in [3.8, 4) is 0 Å². The molecule has 0 fully saturated rings. The summed E-state index contributed by atoms with van der Waals surface area (Å²) in [4.78, 5) is 12.7. The van der Waals surface area contributed by atoms with Crippen LogP contribution in [0.3, 0.4) is 0 Å². The molecular weight excluding hydrogens is 162 g/mol. The third-order valence-corrected chi connectivity index (χ3v) is 2.55. The molecule has 0 saturated heterocycles. The highest BCUT2D eigenvalue weighted by atomic mass is 16.1. The second-order valence-electron chi connectivity index (χ2n) is 3.60. The molecule has 0 radical (unpaired) electrons. The van der Waals surface area contributed by atoms with Crippen molar-refractivity contribution in [2.45, 2.75) is 52.5 Å². The van der Waals surface area contributed by atoms with Crippen LogP contribution < -0.4 is 0 Å². The fourth-order valence-electron chi connectivity index (χ4n) is 1.39. The lowest BCUT2D eigenvalue weighted by atomic mass is 10.2. The van der Waals surface area contributed by atoms with Crippen LogP contribution in [-0.4, -0.2) is 30.3 Å². The predicted molar refractivity (Wildman–Crippen MR) is 56.9 cm³/mol. The number of aldehydes is 1. The zero-order valence-electron chi connectivity index (χ0n) is 9.25. The molecule has 0 rings (SSSR count). The molecule has 0 aromatic rings. The minimum absolute atomic E-state index is 0.617. The summed E-state index contributed by atoms with van der Waals surface area (Å²) in [5, 5.41) is 0. The maximum Gasteiger partial charge on any atom is 0.121 e. The molecule has 0 amide bonds. The van der Waals surface area contributed by atoms with E-state index in [1.54, 1.807) is 0 Å². The van der Waals surface area contributed by atoms with Crippen molar-refractivity contribution in [1.29, 1.82) is 0 Å². The van der Waals surface area contributed by atoms with Gasteiger partial charge in [0, 0.05) is 19.0 Å². The summed E-state index contributed by atoms with van der Waals surface area (Å²) in [6, 6.07) is 0.617. The van der Waals surface area contributed by atoms with E-state index in [1.165, 1.54) is 19.3 Å². The normalized spacial score (nSPS) is 13.2. The summed E-state index contributed by atoms with van der Waals surface area (Å²) in [5.74, 6) is 0. The molecule has 0 aromatic heterocycles. The Hall–Kier alpha value is -0.370. The Morgan fingerprint density at radius 2 is 2.00 bits per heavy atom. The Morgan fingerprint density at radius 1 is 1.31 bits per heavy atom. The molecule has 13 heavy (non-hydrogen) atoms. The molecule has 0 bridgehead atoms. The zero-order chi connectivity index (χ0) is 10.1. The fourth-order valence-corrected chi connectivity index (χ4v) is 1.39. The molecule has 2 nitrogen and oxygen atoms in total. The highest BCUT2D eigenvalue weighted by Crippen LogP contribution is 2.05. The van der Waals surface area contributed by atoms with Crippen molar-refractivity contribution in [2.24, 2.45) is 0 Å². The van der Waals surface area contributed by atoms with Gasteiger partial charge in [-0.3, -0.25) is 0 Å². The second-order valence-corrected chi connectivity index (χ2v) is 3.60. The monoisotopic (exact) mass is 185 g/mol. The number of hydrogen-bond donors (Lipinski definition) is 0. The van der Waals surface area contributed by atoms with Crippen molar-refractivity contribution in [3.63, 3.8) is 0 Å². The van der Waals surface area contributed by atoms with Gasteiger partial charge in [-0.15, -0.1) is 0 Å². The molecule has 0 aliphatic heterocycles. The van der Waals surface area contributed by atoms with Crippen molar-refractivity contribution < 1.29 is 4.79 Å². The minimum atomic E-state index is 0.617. The summed E-state index contributed by atoms with van der Waals surface area (Å²) in [6.07, 6.45) is 5.33. The van der Waals surface area contributed by atoms with Gasteiger partial charge in [-0.25, -0.2) is 0 Å². The molecule has 0 aromatic carbocycles. The second kappa shape index (κ2) is 8.24. The van der Waals surface area contributed by atoms with Crippen LogP contribution in [0, 0.1) is 0 Å². The van der Waals surface area contributed by atoms with Crippen LogP contribution in [0.4, 0.5) is 0 Å². The van der Waals surface area contributed by atoms with Crippen LogP contribution in [-0.2, 0) is 4.79 Å². The lowest BCUT2D eigenvalue weighted by molar-refractivity contribution is -0.108. The maximum absolute atomic E-state index is 10.3. The van der Waals surface area contributed by atoms with E-state index in [0.717, 1.165) is 19.4 Å². The summed E-state index contributed by atoms with van der Waals surface area (Å²) in [7, 11) is 0. The van der Waals surface area contributed by atoms with Crippen molar-refractivity contribution in [2.75, 3.05) is 13.1 Å². The quantitative estimate of drug-likeness (QED) is 0.541. The molecule has 0 N–H and O–H groups in total. The van der Waals surface area contributed by atoms with E-state index in [2.05, 4.69) is 25.7 Å². The van der Waals surface area contributed by atoms with Gasteiger partial charge in [-0.1, -0.05) is 20.3 Å². The van der Waals surface area contributed by atoms with Crippen LogP contribution in [0.15, 0.2) is 0 Å². The number of carbonyl (C=O) groups excluding carboxylic acids is 1. The molecule has 0 aliphatic rings. The summed E-state index contributed by atoms with van der Waals surface area (Å²) in [6.45, 7) is 8.71. The van der Waals surface area contributed by atoms with Crippen LogP contribution >= 0.6 is 0 Å². The molecule has 78 valence electrons. The fraction of sp³-hybridized carbons (Fsp3) is 0.909. The van der Waals surface area contributed by atoms with Gasteiger partial charge < -0.3 is 9.69 Å². The van der Waals surface area contributed by atoms with E-state index in [-0.39, 0.29) is 0 Å². The Balaban J connectivity index is 3.78. The molecule has 1 atom stereocenters. The maximum atomic E-state index is 10.3. The summed E-state index contributed by atoms with van der Waals surface area (Å²) >= 11 is 0. The highest BCUT2D eigenvalue weighted by molar-refractivity contribution is 5.49. The van der Waals surface area contributed by atoms with Crippen molar-refractivity contribution in [1.82, 2.24) is 4.90 Å². The first kappa shape index (κ1) is 12.6. The number of carbonyl (C=O) groups is 1. The van der Waals surface area contributed by atoms with E-state index < -0.39 is 0 Å². The molecule has 0 saturated carbocycles. The minimum Gasteiger partial charge on any atom is -0.303 e. The Labute approximate surface area is 82.3 Å². The molecule has 0 spiro atoms. The van der Waals surface area contributed by atoms with Gasteiger partial charge in [0.1, 0.15) is 6.29 Å². The smallest absolute Gasteiger partial charge is 0.121 e. The van der Waals surface area contributed by atoms with Gasteiger partial charge in [-0.2, -0.15) is 0 Å². The van der Waals surface area contributed by atoms with Crippen LogP contribution in [0.25, 0.3) is 0 Å². The molecule has 0 heterocycles. The van der Waals surface area contributed by atoms with Gasteiger partial charge in [0.25, 0.3) is 0 Å². The average Bonchev–Trinajstić information content (AvgIpc) is 2.17. The van der Waals surface area contributed by atoms with Gasteiger partial charge in [0.05, 0.1) is 0 Å². The largest absolute Gasteiger partial charge is 0.303 e. The lowest BCUT2D eigenvalue weighted by Gasteiger charge is -2.27. The molecular formula is C11H23NO. The number of rotatable bonds is 8. The van der Waals surface area contributed by atoms with Gasteiger partial charge in [0.2, 0.25) is 0 Å². The third-order valence-electron chi connectivity index (χ3n) is 2.55. The van der Waals surface area contributed by atoms with Crippen LogP contribution in [0.1, 0.15) is 46.5 Å². The van der Waals surface area contributed by atoms with E-state index in [9.17, 15) is 4.79 Å². The zero-order valence-corrected chi connectivity index (χ0v) is 9.25.